The van der Waals surface area contributed by atoms with Crippen molar-refractivity contribution in [2.45, 2.75) is 31.6 Å². The van der Waals surface area contributed by atoms with E-state index in [-0.39, 0.29) is 17.2 Å². The zero-order valence-corrected chi connectivity index (χ0v) is 17.8. The molecule has 1 aliphatic carbocycles. The predicted octanol–water partition coefficient (Wildman–Crippen LogP) is 5.32. The molecule has 158 valence electrons. The van der Waals surface area contributed by atoms with E-state index in [9.17, 15) is 4.79 Å². The molecule has 31 heavy (non-hydrogen) atoms. The van der Waals surface area contributed by atoms with E-state index in [2.05, 4.69) is 41.7 Å². The van der Waals surface area contributed by atoms with E-state index in [1.54, 1.807) is 6.21 Å². The fraction of sp³-hybridized carbons (Fsp3) is 0.259. The molecule has 3 aromatic carbocycles. The van der Waals surface area contributed by atoms with Gasteiger partial charge in [-0.05, 0) is 53.8 Å². The van der Waals surface area contributed by atoms with Gasteiger partial charge in [0.2, 0.25) is 5.91 Å². The second kappa shape index (κ2) is 9.61. The standard InChI is InChI=1S/C27H28N2O2/c1-2-3-18-31-24-16-14-21(15-17-24)20-28-29-26(30)25-19-27(25,22-10-6-4-7-11-22)23-12-8-5-9-13-23/h4-17,20,25H,2-3,18-19H2,1H3,(H,29,30)/t25-/m1/s1. The molecule has 3 aromatic rings. The van der Waals surface area contributed by atoms with Crippen LogP contribution >= 0.6 is 0 Å². The molecule has 0 radical (unpaired) electrons. The summed E-state index contributed by atoms with van der Waals surface area (Å²) in [7, 11) is 0. The Morgan fingerprint density at radius 2 is 1.61 bits per heavy atom. The molecule has 1 amide bonds. The minimum absolute atomic E-state index is 0.0523. The van der Waals surface area contributed by atoms with Crippen LogP contribution in [0.3, 0.4) is 0 Å². The van der Waals surface area contributed by atoms with Crippen LogP contribution in [0.1, 0.15) is 42.9 Å². The number of nitrogens with one attached hydrogen (secondary N) is 1. The van der Waals surface area contributed by atoms with E-state index in [1.807, 2.05) is 60.7 Å². The van der Waals surface area contributed by atoms with E-state index in [1.165, 1.54) is 11.1 Å². The summed E-state index contributed by atoms with van der Waals surface area (Å²) in [5, 5.41) is 4.20. The van der Waals surface area contributed by atoms with Crippen LogP contribution in [0.5, 0.6) is 5.75 Å². The van der Waals surface area contributed by atoms with Gasteiger partial charge < -0.3 is 4.74 Å². The topological polar surface area (TPSA) is 50.7 Å². The first-order valence-corrected chi connectivity index (χ1v) is 10.9. The second-order valence-electron chi connectivity index (χ2n) is 7.97. The van der Waals surface area contributed by atoms with Gasteiger partial charge in [-0.1, -0.05) is 74.0 Å². The Morgan fingerprint density at radius 1 is 1.00 bits per heavy atom. The molecule has 1 fully saturated rings. The van der Waals surface area contributed by atoms with Crippen LogP contribution in [-0.4, -0.2) is 18.7 Å². The maximum atomic E-state index is 12.9. The van der Waals surface area contributed by atoms with Crippen molar-refractivity contribution in [3.8, 4) is 5.75 Å². The highest BCUT2D eigenvalue weighted by atomic mass is 16.5. The maximum Gasteiger partial charge on any atom is 0.244 e. The minimum Gasteiger partial charge on any atom is -0.494 e. The smallest absolute Gasteiger partial charge is 0.244 e. The van der Waals surface area contributed by atoms with Gasteiger partial charge in [0.05, 0.1) is 18.7 Å². The fourth-order valence-electron chi connectivity index (χ4n) is 4.09. The molecule has 4 nitrogen and oxygen atoms in total. The lowest BCUT2D eigenvalue weighted by Crippen LogP contribution is -2.25. The van der Waals surface area contributed by atoms with Crippen LogP contribution in [-0.2, 0) is 10.2 Å². The molecule has 1 aliphatic rings. The van der Waals surface area contributed by atoms with Crippen LogP contribution in [0, 0.1) is 5.92 Å². The first-order chi connectivity index (χ1) is 15.2. The van der Waals surface area contributed by atoms with E-state index in [0.717, 1.165) is 37.2 Å². The monoisotopic (exact) mass is 412 g/mol. The average molecular weight is 413 g/mol. The number of benzene rings is 3. The average Bonchev–Trinajstić information content (AvgIpc) is 3.59. The Bertz CT molecular complexity index is 975. The number of carbonyl (C=O) groups is 1. The van der Waals surface area contributed by atoms with Gasteiger partial charge in [0, 0.05) is 5.41 Å². The van der Waals surface area contributed by atoms with Gasteiger partial charge in [-0.15, -0.1) is 0 Å². The van der Waals surface area contributed by atoms with Crippen molar-refractivity contribution in [3.63, 3.8) is 0 Å². The number of unbranched alkanes of at least 4 members (excludes halogenated alkanes) is 1. The molecular formula is C27H28N2O2. The molecule has 1 N–H and O–H groups in total. The maximum absolute atomic E-state index is 12.9. The Kier molecular flexibility index (Phi) is 6.46. The van der Waals surface area contributed by atoms with Crippen LogP contribution < -0.4 is 10.2 Å². The van der Waals surface area contributed by atoms with Gasteiger partial charge in [0.1, 0.15) is 5.75 Å². The van der Waals surface area contributed by atoms with Gasteiger partial charge in [-0.25, -0.2) is 5.43 Å². The number of ether oxygens (including phenoxy) is 1. The highest BCUT2D eigenvalue weighted by Gasteiger charge is 2.60. The summed E-state index contributed by atoms with van der Waals surface area (Å²) < 4.78 is 5.68. The minimum atomic E-state index is -0.278. The molecule has 0 aromatic heterocycles. The number of nitrogens with zero attached hydrogens (tertiary/aromatic N) is 1. The number of hydrogen-bond acceptors (Lipinski definition) is 3. The largest absolute Gasteiger partial charge is 0.494 e. The molecule has 4 rings (SSSR count). The first-order valence-electron chi connectivity index (χ1n) is 10.9. The van der Waals surface area contributed by atoms with Crippen molar-refractivity contribution in [1.29, 1.82) is 0 Å². The quantitative estimate of drug-likeness (QED) is 0.294. The van der Waals surface area contributed by atoms with Gasteiger partial charge in [0.25, 0.3) is 0 Å². The molecule has 0 aliphatic heterocycles. The molecule has 0 bridgehead atoms. The number of rotatable bonds is 9. The van der Waals surface area contributed by atoms with Crippen LogP contribution in [0.25, 0.3) is 0 Å². The third-order valence-electron chi connectivity index (χ3n) is 5.89. The summed E-state index contributed by atoms with van der Waals surface area (Å²) in [6, 6.07) is 28.3. The van der Waals surface area contributed by atoms with Crippen molar-refractivity contribution in [1.82, 2.24) is 5.43 Å². The number of amides is 1. The lowest BCUT2D eigenvalue weighted by Gasteiger charge is -2.18. The fourth-order valence-corrected chi connectivity index (χ4v) is 4.09. The summed E-state index contributed by atoms with van der Waals surface area (Å²) in [6.07, 6.45) is 4.61. The molecular weight excluding hydrogens is 384 g/mol. The number of hydrazone groups is 1. The zero-order chi connectivity index (χ0) is 21.5. The Balaban J connectivity index is 1.41. The van der Waals surface area contributed by atoms with Crippen LogP contribution in [0.4, 0.5) is 0 Å². The van der Waals surface area contributed by atoms with E-state index < -0.39 is 0 Å². The molecule has 4 heteroatoms. The number of hydrogen-bond donors (Lipinski definition) is 1. The highest BCUT2D eigenvalue weighted by molar-refractivity contribution is 5.87. The third-order valence-corrected chi connectivity index (χ3v) is 5.89. The Morgan fingerprint density at radius 3 is 2.19 bits per heavy atom. The van der Waals surface area contributed by atoms with E-state index in [4.69, 9.17) is 4.74 Å². The van der Waals surface area contributed by atoms with Crippen molar-refractivity contribution in [2.24, 2.45) is 11.0 Å². The van der Waals surface area contributed by atoms with Crippen LogP contribution in [0.15, 0.2) is 90.0 Å². The second-order valence-corrected chi connectivity index (χ2v) is 7.97. The first kappa shape index (κ1) is 20.9. The molecule has 0 heterocycles. The lowest BCUT2D eigenvalue weighted by molar-refractivity contribution is -0.122. The summed E-state index contributed by atoms with van der Waals surface area (Å²) in [6.45, 7) is 2.87. The summed E-state index contributed by atoms with van der Waals surface area (Å²) in [4.78, 5) is 12.9. The molecule has 0 saturated heterocycles. The highest BCUT2D eigenvalue weighted by Crippen LogP contribution is 2.58. The van der Waals surface area contributed by atoms with E-state index >= 15 is 0 Å². The number of carbonyl (C=O) groups excluding carboxylic acids is 1. The molecule has 1 atom stereocenters. The summed E-state index contributed by atoms with van der Waals surface area (Å²) >= 11 is 0. The van der Waals surface area contributed by atoms with Gasteiger partial charge >= 0.3 is 0 Å². The van der Waals surface area contributed by atoms with Gasteiger partial charge in [-0.3, -0.25) is 4.79 Å². The SMILES string of the molecule is CCCCOc1ccc(C=NNC(=O)[C@H]2CC2(c2ccccc2)c2ccccc2)cc1. The van der Waals surface area contributed by atoms with Crippen molar-refractivity contribution in [3.05, 3.63) is 102 Å². The molecule has 0 spiro atoms. The Labute approximate surface area is 184 Å². The van der Waals surface area contributed by atoms with Crippen molar-refractivity contribution in [2.75, 3.05) is 6.61 Å². The third kappa shape index (κ3) is 4.69. The lowest BCUT2D eigenvalue weighted by atomic mass is 9.85. The van der Waals surface area contributed by atoms with E-state index in [0.29, 0.717) is 0 Å². The molecule has 1 saturated carbocycles. The predicted molar refractivity (Wildman–Crippen MR) is 124 cm³/mol. The normalized spacial score (nSPS) is 16.7. The summed E-state index contributed by atoms with van der Waals surface area (Å²) in [5.41, 5.74) is 5.72. The van der Waals surface area contributed by atoms with Crippen molar-refractivity contribution >= 4 is 12.1 Å². The van der Waals surface area contributed by atoms with Crippen LogP contribution in [0.2, 0.25) is 0 Å². The van der Waals surface area contributed by atoms with Crippen molar-refractivity contribution < 1.29 is 9.53 Å². The molecule has 0 unspecified atom stereocenters. The van der Waals surface area contributed by atoms with Gasteiger partial charge in [-0.2, -0.15) is 5.10 Å². The van der Waals surface area contributed by atoms with Gasteiger partial charge in [0.15, 0.2) is 0 Å². The summed E-state index contributed by atoms with van der Waals surface area (Å²) in [5.74, 6) is 0.662. The zero-order valence-electron chi connectivity index (χ0n) is 17.8. The Hall–Kier alpha value is -3.40.